The number of hydrogen-bond acceptors (Lipinski definition) is 7. The molecular weight excluding hydrogens is 382 g/mol. The van der Waals surface area contributed by atoms with Crippen molar-refractivity contribution in [3.05, 3.63) is 29.7 Å². The van der Waals surface area contributed by atoms with Gasteiger partial charge in [-0.05, 0) is 51.1 Å². The molecular formula is C22H31N5O3. The molecule has 162 valence electrons. The first-order valence-corrected chi connectivity index (χ1v) is 10.8. The topological polar surface area (TPSA) is 84.1 Å². The van der Waals surface area contributed by atoms with Crippen molar-refractivity contribution >= 4 is 17.8 Å². The molecule has 8 heteroatoms. The molecule has 4 rings (SSSR count). The normalized spacial score (nSPS) is 22.3. The minimum atomic E-state index is -0.484. The zero-order valence-corrected chi connectivity index (χ0v) is 18.5. The van der Waals surface area contributed by atoms with E-state index in [-0.39, 0.29) is 18.1 Å². The van der Waals surface area contributed by atoms with Crippen LogP contribution in [-0.2, 0) is 4.74 Å². The van der Waals surface area contributed by atoms with E-state index in [0.29, 0.717) is 30.8 Å². The summed E-state index contributed by atoms with van der Waals surface area (Å²) in [5.41, 5.74) is 1.84. The molecule has 0 saturated carbocycles. The highest BCUT2D eigenvalue weighted by Crippen LogP contribution is 2.34. The van der Waals surface area contributed by atoms with Crippen LogP contribution in [0.15, 0.2) is 33.4 Å². The number of piperidine rings is 1. The summed E-state index contributed by atoms with van der Waals surface area (Å²) < 4.78 is 11.1. The number of likely N-dealkylation sites (tertiary alicyclic amines) is 1. The lowest BCUT2D eigenvalue weighted by atomic mass is 9.91. The standard InChI is InChI=1S/C22H31N5O3/c1-14(2)18-16-8-6-7-9-17(16)27(24-18)20-23-19(30-25-20)15-10-12-26(13-11-15)21(28)29-22(3,4)5/h6-8,14-15,17H,9-13H2,1-5H3. The number of amides is 1. The maximum atomic E-state index is 12.3. The van der Waals surface area contributed by atoms with Gasteiger partial charge >= 0.3 is 6.09 Å². The van der Waals surface area contributed by atoms with E-state index in [4.69, 9.17) is 14.4 Å². The van der Waals surface area contributed by atoms with Crippen LogP contribution in [0.2, 0.25) is 0 Å². The van der Waals surface area contributed by atoms with Crippen LogP contribution in [0.4, 0.5) is 10.7 Å². The lowest BCUT2D eigenvalue weighted by molar-refractivity contribution is 0.0198. The van der Waals surface area contributed by atoms with E-state index in [9.17, 15) is 4.79 Å². The van der Waals surface area contributed by atoms with Gasteiger partial charge in [-0.1, -0.05) is 32.1 Å². The van der Waals surface area contributed by atoms with Gasteiger partial charge in [0.2, 0.25) is 5.89 Å². The van der Waals surface area contributed by atoms with Gasteiger partial charge in [0.1, 0.15) is 5.60 Å². The number of allylic oxidation sites excluding steroid dienone is 2. The molecule has 1 unspecified atom stereocenters. The summed E-state index contributed by atoms with van der Waals surface area (Å²) in [4.78, 5) is 18.7. The van der Waals surface area contributed by atoms with Crippen LogP contribution in [0.3, 0.4) is 0 Å². The van der Waals surface area contributed by atoms with Crippen LogP contribution in [-0.4, -0.2) is 51.6 Å². The number of rotatable bonds is 3. The Morgan fingerprint density at radius 1 is 1.27 bits per heavy atom. The predicted molar refractivity (Wildman–Crippen MR) is 114 cm³/mol. The van der Waals surface area contributed by atoms with Crippen molar-refractivity contribution < 1.29 is 14.1 Å². The summed E-state index contributed by atoms with van der Waals surface area (Å²) in [5, 5.41) is 11.0. The highest BCUT2D eigenvalue weighted by Gasteiger charge is 2.37. The molecule has 3 aliphatic rings. The van der Waals surface area contributed by atoms with Crippen molar-refractivity contribution in [2.75, 3.05) is 18.1 Å². The summed E-state index contributed by atoms with van der Waals surface area (Å²) in [5.74, 6) is 1.61. The van der Waals surface area contributed by atoms with Crippen LogP contribution in [0.25, 0.3) is 0 Å². The highest BCUT2D eigenvalue weighted by molar-refractivity contribution is 6.06. The number of aromatic nitrogens is 2. The lowest BCUT2D eigenvalue weighted by Gasteiger charge is -2.32. The molecule has 1 aliphatic carbocycles. The fraction of sp³-hybridized carbons (Fsp3) is 0.636. The van der Waals surface area contributed by atoms with E-state index >= 15 is 0 Å². The summed E-state index contributed by atoms with van der Waals surface area (Å²) in [6.45, 7) is 11.2. The SMILES string of the molecule is CC(C)C1=NN(c2noc(C3CCN(C(=O)OC(C)(C)C)CC3)n2)C2CC=CC=C12. The summed E-state index contributed by atoms with van der Waals surface area (Å²) in [6, 6.07) is 0.131. The van der Waals surface area contributed by atoms with E-state index in [2.05, 4.69) is 42.2 Å². The summed E-state index contributed by atoms with van der Waals surface area (Å²) >= 11 is 0. The van der Waals surface area contributed by atoms with Gasteiger partial charge in [0, 0.05) is 24.6 Å². The van der Waals surface area contributed by atoms with Gasteiger partial charge < -0.3 is 14.2 Å². The first kappa shape index (κ1) is 20.6. The quantitative estimate of drug-likeness (QED) is 0.736. The predicted octanol–water partition coefficient (Wildman–Crippen LogP) is 4.27. The molecule has 0 aromatic carbocycles. The zero-order valence-electron chi connectivity index (χ0n) is 18.5. The fourth-order valence-electron chi connectivity index (χ4n) is 4.10. The number of ether oxygens (including phenoxy) is 1. The minimum Gasteiger partial charge on any atom is -0.444 e. The average molecular weight is 414 g/mol. The lowest BCUT2D eigenvalue weighted by Crippen LogP contribution is -2.41. The largest absolute Gasteiger partial charge is 0.444 e. The molecule has 8 nitrogen and oxygen atoms in total. The fourth-order valence-corrected chi connectivity index (χ4v) is 4.10. The van der Waals surface area contributed by atoms with E-state index < -0.39 is 5.60 Å². The van der Waals surface area contributed by atoms with E-state index in [1.165, 1.54) is 5.57 Å². The number of hydrazone groups is 1. The van der Waals surface area contributed by atoms with Crippen LogP contribution < -0.4 is 5.01 Å². The second kappa shape index (κ2) is 7.89. The van der Waals surface area contributed by atoms with Crippen LogP contribution in [0.5, 0.6) is 0 Å². The second-order valence-corrected chi connectivity index (χ2v) is 9.46. The van der Waals surface area contributed by atoms with Gasteiger partial charge in [-0.15, -0.1) is 0 Å². The Morgan fingerprint density at radius 3 is 2.67 bits per heavy atom. The number of fused-ring (bicyclic) bond motifs is 1. The molecule has 1 saturated heterocycles. The van der Waals surface area contributed by atoms with Gasteiger partial charge in [-0.3, -0.25) is 0 Å². The number of hydrogen-bond donors (Lipinski definition) is 0. The number of nitrogens with zero attached hydrogens (tertiary/aromatic N) is 5. The molecule has 1 aromatic rings. The van der Waals surface area contributed by atoms with Crippen molar-refractivity contribution in [2.24, 2.45) is 11.0 Å². The van der Waals surface area contributed by atoms with Crippen molar-refractivity contribution in [3.63, 3.8) is 0 Å². The van der Waals surface area contributed by atoms with Gasteiger partial charge in [0.15, 0.2) is 0 Å². The molecule has 1 atom stereocenters. The highest BCUT2D eigenvalue weighted by atomic mass is 16.6. The van der Waals surface area contributed by atoms with E-state index in [1.54, 1.807) is 4.90 Å². The van der Waals surface area contributed by atoms with Gasteiger partial charge in [0.05, 0.1) is 11.8 Å². The van der Waals surface area contributed by atoms with Gasteiger partial charge in [-0.2, -0.15) is 10.1 Å². The molecule has 3 heterocycles. The average Bonchev–Trinajstić information content (AvgIpc) is 3.32. The van der Waals surface area contributed by atoms with Crippen molar-refractivity contribution in [1.82, 2.24) is 15.0 Å². The van der Waals surface area contributed by atoms with Crippen molar-refractivity contribution in [2.45, 2.75) is 71.4 Å². The third-order valence-electron chi connectivity index (χ3n) is 5.62. The zero-order chi connectivity index (χ0) is 21.5. The third kappa shape index (κ3) is 4.13. The molecule has 2 aliphatic heterocycles. The number of carbonyl (C=O) groups is 1. The van der Waals surface area contributed by atoms with Crippen LogP contribution in [0, 0.1) is 5.92 Å². The second-order valence-electron chi connectivity index (χ2n) is 9.46. The molecule has 1 amide bonds. The molecule has 1 aromatic heterocycles. The third-order valence-corrected chi connectivity index (χ3v) is 5.62. The van der Waals surface area contributed by atoms with Crippen LogP contribution >= 0.6 is 0 Å². The Morgan fingerprint density at radius 2 is 2.00 bits per heavy atom. The maximum Gasteiger partial charge on any atom is 0.410 e. The first-order chi connectivity index (χ1) is 14.2. The Bertz CT molecular complexity index is 885. The Balaban J connectivity index is 1.43. The Hall–Kier alpha value is -2.64. The van der Waals surface area contributed by atoms with E-state index in [1.807, 2.05) is 25.8 Å². The molecule has 0 N–H and O–H groups in total. The number of anilines is 1. The molecule has 0 spiro atoms. The van der Waals surface area contributed by atoms with Crippen molar-refractivity contribution in [1.29, 1.82) is 0 Å². The minimum absolute atomic E-state index is 0.131. The smallest absolute Gasteiger partial charge is 0.410 e. The molecule has 1 fully saturated rings. The van der Waals surface area contributed by atoms with Gasteiger partial charge in [-0.25, -0.2) is 9.80 Å². The maximum absolute atomic E-state index is 12.3. The monoisotopic (exact) mass is 413 g/mol. The molecule has 0 radical (unpaired) electrons. The molecule has 0 bridgehead atoms. The van der Waals surface area contributed by atoms with Crippen LogP contribution in [0.1, 0.15) is 65.7 Å². The first-order valence-electron chi connectivity index (χ1n) is 10.8. The Kier molecular flexibility index (Phi) is 5.42. The van der Waals surface area contributed by atoms with Crippen molar-refractivity contribution in [3.8, 4) is 0 Å². The summed E-state index contributed by atoms with van der Waals surface area (Å²) in [6.07, 6.45) is 8.55. The number of carbonyl (C=O) groups excluding carboxylic acids is 1. The molecule has 30 heavy (non-hydrogen) atoms. The summed E-state index contributed by atoms with van der Waals surface area (Å²) in [7, 11) is 0. The van der Waals surface area contributed by atoms with Gasteiger partial charge in [0.25, 0.3) is 5.95 Å². The van der Waals surface area contributed by atoms with E-state index in [0.717, 1.165) is 25.0 Å². The Labute approximate surface area is 177 Å².